The summed E-state index contributed by atoms with van der Waals surface area (Å²) in [5.41, 5.74) is 5.22. The van der Waals surface area contributed by atoms with Gasteiger partial charge in [0.2, 0.25) is 0 Å². The van der Waals surface area contributed by atoms with E-state index in [1.807, 2.05) is 12.2 Å². The minimum atomic E-state index is -1.27. The van der Waals surface area contributed by atoms with Crippen LogP contribution in [0.5, 0.6) is 0 Å². The average Bonchev–Trinajstić information content (AvgIpc) is 2.73. The Morgan fingerprint density at radius 1 is 0.692 bits per heavy atom. The Labute approximate surface area is 157 Å². The van der Waals surface area contributed by atoms with Gasteiger partial charge in [0.1, 0.15) is 6.15 Å². The van der Waals surface area contributed by atoms with Gasteiger partial charge in [0, 0.05) is 0 Å². The van der Waals surface area contributed by atoms with Crippen LogP contribution in [0.25, 0.3) is 0 Å². The summed E-state index contributed by atoms with van der Waals surface area (Å²) in [7, 11) is 0. The van der Waals surface area contributed by atoms with Gasteiger partial charge in [0.25, 0.3) is 0 Å². The molecule has 0 N–H and O–H groups in total. The number of benzene rings is 3. The van der Waals surface area contributed by atoms with Crippen molar-refractivity contribution < 1.29 is 0 Å². The fourth-order valence-electron chi connectivity index (χ4n) is 4.05. The molecular weight excluding hydrogens is 311 g/mol. The molecule has 0 spiro atoms. The zero-order valence-electron chi connectivity index (χ0n) is 15.3. The van der Waals surface area contributed by atoms with Gasteiger partial charge in [-0.1, -0.05) is 116 Å². The summed E-state index contributed by atoms with van der Waals surface area (Å²) >= 11 is 0. The second kappa shape index (κ2) is 8.35. The van der Waals surface area contributed by atoms with Crippen LogP contribution in [0.2, 0.25) is 0 Å². The molecule has 128 valence electrons. The first-order valence-corrected chi connectivity index (χ1v) is 9.12. The Morgan fingerprint density at radius 2 is 1.08 bits per heavy atom. The summed E-state index contributed by atoms with van der Waals surface area (Å²) in [5, 5.41) is 0. The normalized spacial score (nSPS) is 12.3. The van der Waals surface area contributed by atoms with E-state index >= 15 is 0 Å². The van der Waals surface area contributed by atoms with Crippen molar-refractivity contribution in [2.75, 3.05) is 0 Å². The Kier molecular flexibility index (Phi) is 5.71. The summed E-state index contributed by atoms with van der Waals surface area (Å²) in [6.45, 7) is 5.98. The third-order valence-electron chi connectivity index (χ3n) is 5.16. The number of allylic oxidation sites excluding steroid dienone is 5. The maximum Gasteiger partial charge on any atom is 0.107 e. The monoisotopic (exact) mass is 335 g/mol. The molecule has 1 heteroatoms. The number of hydrogen-bond donors (Lipinski definition) is 0. The van der Waals surface area contributed by atoms with E-state index in [1.165, 1.54) is 21.9 Å². The van der Waals surface area contributed by atoms with Gasteiger partial charge in [-0.05, 0) is 6.92 Å². The predicted octanol–water partition coefficient (Wildman–Crippen LogP) is 4.38. The third-order valence-corrected chi connectivity index (χ3v) is 5.16. The largest absolute Gasteiger partial charge is 0.199 e. The lowest BCUT2D eigenvalue weighted by atomic mass is 9.12. The lowest BCUT2D eigenvalue weighted by Crippen LogP contribution is -2.68. The predicted molar refractivity (Wildman–Crippen MR) is 117 cm³/mol. The van der Waals surface area contributed by atoms with Crippen LogP contribution >= 0.6 is 0 Å². The minimum Gasteiger partial charge on any atom is -0.199 e. The molecule has 0 aliphatic rings. The van der Waals surface area contributed by atoms with Crippen molar-refractivity contribution in [3.8, 4) is 0 Å². The Bertz CT molecular complexity index is 794. The Hall–Kier alpha value is -3.06. The molecule has 0 fully saturated rings. The SMILES string of the molecule is C=C/C=C\C(=C/C)[B-](c1ccccc1)(c1ccccc1)c1ccccc1. The molecule has 0 bridgehead atoms. The molecule has 3 rings (SSSR count). The molecule has 0 aromatic heterocycles. The maximum atomic E-state index is 3.86. The number of hydrogen-bond acceptors (Lipinski definition) is 0. The summed E-state index contributed by atoms with van der Waals surface area (Å²) < 4.78 is 0. The number of rotatable bonds is 6. The van der Waals surface area contributed by atoms with Crippen molar-refractivity contribution in [2.24, 2.45) is 0 Å². The highest BCUT2D eigenvalue weighted by atomic mass is 14.1. The van der Waals surface area contributed by atoms with Crippen LogP contribution in [-0.4, -0.2) is 6.15 Å². The van der Waals surface area contributed by atoms with Crippen molar-refractivity contribution >= 4 is 22.5 Å². The van der Waals surface area contributed by atoms with Crippen LogP contribution < -0.4 is 16.4 Å². The van der Waals surface area contributed by atoms with E-state index in [2.05, 4.69) is 117 Å². The third kappa shape index (κ3) is 3.21. The molecule has 0 aliphatic heterocycles. The van der Waals surface area contributed by atoms with Crippen LogP contribution in [-0.2, 0) is 0 Å². The second-order valence-corrected chi connectivity index (χ2v) is 6.48. The quantitative estimate of drug-likeness (QED) is 0.463. The molecule has 0 radical (unpaired) electrons. The van der Waals surface area contributed by atoms with Crippen molar-refractivity contribution in [3.63, 3.8) is 0 Å². The molecule has 0 nitrogen and oxygen atoms in total. The summed E-state index contributed by atoms with van der Waals surface area (Å²) in [4.78, 5) is 0. The molecule has 26 heavy (non-hydrogen) atoms. The van der Waals surface area contributed by atoms with Crippen LogP contribution in [0, 0.1) is 0 Å². The highest BCUT2D eigenvalue weighted by Crippen LogP contribution is 2.18. The van der Waals surface area contributed by atoms with E-state index in [9.17, 15) is 0 Å². The van der Waals surface area contributed by atoms with Gasteiger partial charge in [0.15, 0.2) is 0 Å². The van der Waals surface area contributed by atoms with Crippen LogP contribution in [0.4, 0.5) is 0 Å². The fourth-order valence-corrected chi connectivity index (χ4v) is 4.05. The molecule has 0 saturated carbocycles. The Morgan fingerprint density at radius 3 is 1.38 bits per heavy atom. The zero-order chi connectivity index (χ0) is 18.2. The van der Waals surface area contributed by atoms with E-state index < -0.39 is 6.15 Å². The molecule has 3 aromatic carbocycles. The molecule has 0 aliphatic carbocycles. The topological polar surface area (TPSA) is 0 Å². The van der Waals surface area contributed by atoms with Crippen LogP contribution in [0.15, 0.2) is 127 Å². The summed E-state index contributed by atoms with van der Waals surface area (Å²) in [6, 6.07) is 32.4. The lowest BCUT2D eigenvalue weighted by molar-refractivity contribution is 1.61. The van der Waals surface area contributed by atoms with Gasteiger partial charge in [0.05, 0.1) is 0 Å². The van der Waals surface area contributed by atoms with E-state index in [0.717, 1.165) is 0 Å². The van der Waals surface area contributed by atoms with Crippen molar-refractivity contribution in [2.45, 2.75) is 6.92 Å². The van der Waals surface area contributed by atoms with Gasteiger partial charge in [-0.3, -0.25) is 0 Å². The molecule has 3 aromatic rings. The molecule has 0 saturated heterocycles. The smallest absolute Gasteiger partial charge is 0.107 e. The molecule has 0 heterocycles. The highest BCUT2D eigenvalue weighted by molar-refractivity contribution is 7.16. The van der Waals surface area contributed by atoms with Gasteiger partial charge < -0.3 is 0 Å². The standard InChI is InChI=1S/C25H24B/c1-3-5-15-22(4-2)26(23-16-9-6-10-17-23,24-18-11-7-12-19-24)25-20-13-8-14-21-25/h3-21H,1H2,2H3/q-1/b15-5-,22-4+. The van der Waals surface area contributed by atoms with Gasteiger partial charge in [-0.2, -0.15) is 21.9 Å². The van der Waals surface area contributed by atoms with Gasteiger partial charge >= 0.3 is 0 Å². The van der Waals surface area contributed by atoms with Gasteiger partial charge in [-0.25, -0.2) is 0 Å². The Balaban J connectivity index is 2.43. The first kappa shape index (κ1) is 17.8. The van der Waals surface area contributed by atoms with Crippen molar-refractivity contribution in [3.05, 3.63) is 127 Å². The first-order valence-electron chi connectivity index (χ1n) is 9.12. The van der Waals surface area contributed by atoms with Crippen molar-refractivity contribution in [1.82, 2.24) is 0 Å². The van der Waals surface area contributed by atoms with E-state index in [-0.39, 0.29) is 0 Å². The summed E-state index contributed by atoms with van der Waals surface area (Å²) in [6.07, 6.45) is 7.02. The molecule has 0 amide bonds. The van der Waals surface area contributed by atoms with Crippen LogP contribution in [0.3, 0.4) is 0 Å². The second-order valence-electron chi connectivity index (χ2n) is 6.48. The minimum absolute atomic E-state index is 1.27. The molecule has 0 unspecified atom stereocenters. The van der Waals surface area contributed by atoms with E-state index in [1.54, 1.807) is 0 Å². The van der Waals surface area contributed by atoms with Gasteiger partial charge in [-0.15, -0.1) is 6.08 Å². The van der Waals surface area contributed by atoms with E-state index in [4.69, 9.17) is 0 Å². The van der Waals surface area contributed by atoms with Crippen LogP contribution in [0.1, 0.15) is 6.92 Å². The average molecular weight is 335 g/mol. The fraction of sp³-hybridized carbons (Fsp3) is 0.0400. The first-order chi connectivity index (χ1) is 12.8. The zero-order valence-corrected chi connectivity index (χ0v) is 15.3. The highest BCUT2D eigenvalue weighted by Gasteiger charge is 2.31. The molecular formula is C25H24B-. The molecule has 0 atom stereocenters. The summed E-state index contributed by atoms with van der Waals surface area (Å²) in [5.74, 6) is 0. The van der Waals surface area contributed by atoms with E-state index in [0.29, 0.717) is 0 Å². The lowest BCUT2D eigenvalue weighted by Gasteiger charge is -2.45. The van der Waals surface area contributed by atoms with Crippen molar-refractivity contribution in [1.29, 1.82) is 0 Å². The maximum absolute atomic E-state index is 3.86.